The van der Waals surface area contributed by atoms with E-state index in [9.17, 15) is 4.79 Å². The summed E-state index contributed by atoms with van der Waals surface area (Å²) >= 11 is 4.92. The topological polar surface area (TPSA) is 42.0 Å². The number of fused-ring (bicyclic) bond motifs is 1. The first-order valence-electron chi connectivity index (χ1n) is 6.48. The van der Waals surface area contributed by atoms with E-state index < -0.39 is 0 Å². The molecule has 0 unspecified atom stereocenters. The molecule has 5 heteroatoms. The third-order valence-corrected chi connectivity index (χ3v) is 4.73. The van der Waals surface area contributed by atoms with Gasteiger partial charge in [0, 0.05) is 0 Å². The fraction of sp³-hybridized carbons (Fsp3) is 0.429. The first-order valence-corrected chi connectivity index (χ1v) is 8.21. The lowest BCUT2D eigenvalue weighted by molar-refractivity contribution is -0.115. The van der Waals surface area contributed by atoms with E-state index in [4.69, 9.17) is 0 Å². The van der Waals surface area contributed by atoms with Gasteiger partial charge in [-0.2, -0.15) is 0 Å². The van der Waals surface area contributed by atoms with Crippen molar-refractivity contribution < 1.29 is 4.79 Å². The molecule has 0 bridgehead atoms. The van der Waals surface area contributed by atoms with Crippen LogP contribution < -0.4 is 5.32 Å². The summed E-state index contributed by atoms with van der Waals surface area (Å²) in [6, 6.07) is 6.23. The number of aromatic nitrogens is 1. The van der Waals surface area contributed by atoms with E-state index in [1.165, 1.54) is 16.9 Å². The van der Waals surface area contributed by atoms with Crippen LogP contribution >= 0.6 is 27.3 Å². The monoisotopic (exact) mass is 340 g/mol. The summed E-state index contributed by atoms with van der Waals surface area (Å²) in [6.07, 6.45) is 2.81. The molecule has 0 saturated carbocycles. The van der Waals surface area contributed by atoms with Crippen LogP contribution in [0.2, 0.25) is 0 Å². The van der Waals surface area contributed by atoms with Gasteiger partial charge in [-0.3, -0.25) is 4.79 Å². The van der Waals surface area contributed by atoms with Gasteiger partial charge in [-0.25, -0.2) is 4.98 Å². The predicted octanol–water partition coefficient (Wildman–Crippen LogP) is 4.36. The highest BCUT2D eigenvalue weighted by Gasteiger charge is 2.15. The molecule has 1 atom stereocenters. The Morgan fingerprint density at radius 2 is 2.26 bits per heavy atom. The molecule has 0 aliphatic heterocycles. The number of carbonyl (C=O) groups is 1. The van der Waals surface area contributed by atoms with Gasteiger partial charge in [-0.1, -0.05) is 53.6 Å². The van der Waals surface area contributed by atoms with Crippen LogP contribution in [0.5, 0.6) is 0 Å². The van der Waals surface area contributed by atoms with Gasteiger partial charge in [0.1, 0.15) is 0 Å². The minimum Gasteiger partial charge on any atom is -0.301 e. The van der Waals surface area contributed by atoms with E-state index in [-0.39, 0.29) is 10.7 Å². The summed E-state index contributed by atoms with van der Waals surface area (Å²) in [4.78, 5) is 16.2. The van der Waals surface area contributed by atoms with Crippen LogP contribution in [0.1, 0.15) is 32.3 Å². The van der Waals surface area contributed by atoms with Crippen molar-refractivity contribution in [1.82, 2.24) is 4.98 Å². The summed E-state index contributed by atoms with van der Waals surface area (Å²) < 4.78 is 1.12. The van der Waals surface area contributed by atoms with Crippen molar-refractivity contribution >= 4 is 48.5 Å². The molecule has 0 spiro atoms. The van der Waals surface area contributed by atoms with Crippen molar-refractivity contribution in [3.05, 3.63) is 23.8 Å². The molecule has 2 rings (SSSR count). The van der Waals surface area contributed by atoms with Gasteiger partial charge in [0.25, 0.3) is 0 Å². The Morgan fingerprint density at radius 3 is 2.95 bits per heavy atom. The van der Waals surface area contributed by atoms with Crippen LogP contribution in [0.25, 0.3) is 10.2 Å². The number of hydrogen-bond donors (Lipinski definition) is 1. The number of hydrogen-bond acceptors (Lipinski definition) is 3. The molecule has 0 saturated heterocycles. The number of nitrogens with one attached hydrogen (secondary N) is 1. The standard InChI is InChI=1S/C14H17BrN2OS/c1-3-5-10(15)13(18)17-14-16-11-7-6-9(4-2)8-12(11)19-14/h6-8,10H,3-5H2,1-2H3,(H,16,17,18)/t10-/m0/s1. The minimum absolute atomic E-state index is 0.0170. The number of aryl methyl sites for hydroxylation is 1. The molecule has 0 aliphatic rings. The summed E-state index contributed by atoms with van der Waals surface area (Å²) in [7, 11) is 0. The van der Waals surface area contributed by atoms with Crippen molar-refractivity contribution in [2.75, 3.05) is 5.32 Å². The number of amides is 1. The Kier molecular flexibility index (Phi) is 4.93. The molecule has 0 aliphatic carbocycles. The Hall–Kier alpha value is -0.940. The zero-order chi connectivity index (χ0) is 13.8. The third-order valence-electron chi connectivity index (χ3n) is 2.92. The normalized spacial score (nSPS) is 12.6. The first kappa shape index (κ1) is 14.5. The van der Waals surface area contributed by atoms with Crippen molar-refractivity contribution in [2.45, 2.75) is 37.9 Å². The molecule has 1 aromatic heterocycles. The Bertz CT molecular complexity index is 582. The van der Waals surface area contributed by atoms with Crippen LogP contribution in [0.15, 0.2) is 18.2 Å². The molecule has 1 N–H and O–H groups in total. The zero-order valence-electron chi connectivity index (χ0n) is 11.1. The Balaban J connectivity index is 2.15. The molecule has 1 heterocycles. The van der Waals surface area contributed by atoms with Gasteiger partial charge in [0.15, 0.2) is 5.13 Å². The number of thiazole rings is 1. The summed E-state index contributed by atoms with van der Waals surface area (Å²) in [5.74, 6) is -0.0170. The highest BCUT2D eigenvalue weighted by molar-refractivity contribution is 9.10. The average Bonchev–Trinajstić information content (AvgIpc) is 2.79. The van der Waals surface area contributed by atoms with Gasteiger partial charge in [-0.05, 0) is 30.5 Å². The highest BCUT2D eigenvalue weighted by atomic mass is 79.9. The fourth-order valence-electron chi connectivity index (χ4n) is 1.81. The number of alkyl halides is 1. The molecule has 1 aromatic carbocycles. The molecule has 3 nitrogen and oxygen atoms in total. The Labute approximate surface area is 125 Å². The van der Waals surface area contributed by atoms with Gasteiger partial charge >= 0.3 is 0 Å². The number of benzene rings is 1. The molecule has 102 valence electrons. The number of carbonyl (C=O) groups excluding carboxylic acids is 1. The van der Waals surface area contributed by atoms with Crippen LogP contribution in [-0.4, -0.2) is 15.7 Å². The summed E-state index contributed by atoms with van der Waals surface area (Å²) in [6.45, 7) is 4.19. The van der Waals surface area contributed by atoms with E-state index in [2.05, 4.69) is 52.2 Å². The molecular weight excluding hydrogens is 324 g/mol. The summed E-state index contributed by atoms with van der Waals surface area (Å²) in [5, 5.41) is 3.55. The van der Waals surface area contributed by atoms with Crippen LogP contribution in [0.3, 0.4) is 0 Å². The van der Waals surface area contributed by atoms with Crippen molar-refractivity contribution in [1.29, 1.82) is 0 Å². The second kappa shape index (κ2) is 6.48. The lowest BCUT2D eigenvalue weighted by Crippen LogP contribution is -2.22. The smallest absolute Gasteiger partial charge is 0.239 e. The van der Waals surface area contributed by atoms with Crippen molar-refractivity contribution in [3.63, 3.8) is 0 Å². The summed E-state index contributed by atoms with van der Waals surface area (Å²) in [5.41, 5.74) is 2.23. The molecule has 0 radical (unpaired) electrons. The third kappa shape index (κ3) is 3.54. The first-order chi connectivity index (χ1) is 9.13. The lowest BCUT2D eigenvalue weighted by atomic mass is 10.2. The maximum Gasteiger partial charge on any atom is 0.239 e. The van der Waals surface area contributed by atoms with E-state index >= 15 is 0 Å². The lowest BCUT2D eigenvalue weighted by Gasteiger charge is -2.06. The van der Waals surface area contributed by atoms with Crippen molar-refractivity contribution in [2.24, 2.45) is 0 Å². The van der Waals surface area contributed by atoms with Gasteiger partial charge < -0.3 is 5.32 Å². The van der Waals surface area contributed by atoms with Crippen LogP contribution in [0, 0.1) is 0 Å². The number of nitrogens with zero attached hydrogens (tertiary/aromatic N) is 1. The van der Waals surface area contributed by atoms with E-state index in [0.29, 0.717) is 5.13 Å². The SMILES string of the molecule is CCC[C@H](Br)C(=O)Nc1nc2ccc(CC)cc2s1. The maximum absolute atomic E-state index is 11.9. The van der Waals surface area contributed by atoms with Crippen LogP contribution in [0.4, 0.5) is 5.13 Å². The molecule has 2 aromatic rings. The molecule has 19 heavy (non-hydrogen) atoms. The molecule has 1 amide bonds. The van der Waals surface area contributed by atoms with Gasteiger partial charge in [-0.15, -0.1) is 0 Å². The fourth-order valence-corrected chi connectivity index (χ4v) is 3.32. The predicted molar refractivity (Wildman–Crippen MR) is 85.3 cm³/mol. The zero-order valence-corrected chi connectivity index (χ0v) is 13.5. The van der Waals surface area contributed by atoms with Crippen LogP contribution in [-0.2, 0) is 11.2 Å². The largest absolute Gasteiger partial charge is 0.301 e. The van der Waals surface area contributed by atoms with Crippen molar-refractivity contribution in [3.8, 4) is 0 Å². The second-order valence-electron chi connectivity index (χ2n) is 4.42. The maximum atomic E-state index is 11.9. The molecule has 0 fully saturated rings. The molecular formula is C14H17BrN2OS. The minimum atomic E-state index is -0.143. The number of anilines is 1. The van der Waals surface area contributed by atoms with E-state index in [1.54, 1.807) is 0 Å². The second-order valence-corrected chi connectivity index (χ2v) is 6.56. The van der Waals surface area contributed by atoms with Gasteiger partial charge in [0.2, 0.25) is 5.91 Å². The number of halogens is 1. The van der Waals surface area contributed by atoms with Gasteiger partial charge in [0.05, 0.1) is 15.0 Å². The number of rotatable bonds is 5. The average molecular weight is 341 g/mol. The quantitative estimate of drug-likeness (QED) is 0.821. The Morgan fingerprint density at radius 1 is 1.47 bits per heavy atom. The van der Waals surface area contributed by atoms with E-state index in [0.717, 1.165) is 29.5 Å². The highest BCUT2D eigenvalue weighted by Crippen LogP contribution is 2.27. The van der Waals surface area contributed by atoms with E-state index in [1.807, 2.05) is 6.07 Å².